The molecule has 0 saturated carbocycles. The molecule has 0 fully saturated rings. The molecular formula is C24H20N4O. The second-order valence-electron chi connectivity index (χ2n) is 6.94. The van der Waals surface area contributed by atoms with Gasteiger partial charge >= 0.3 is 0 Å². The summed E-state index contributed by atoms with van der Waals surface area (Å²) in [6.07, 6.45) is 12.2. The topological polar surface area (TPSA) is 77.6 Å². The van der Waals surface area contributed by atoms with Gasteiger partial charge in [0.1, 0.15) is 0 Å². The van der Waals surface area contributed by atoms with Crippen molar-refractivity contribution in [3.05, 3.63) is 76.9 Å². The van der Waals surface area contributed by atoms with Crippen molar-refractivity contribution in [2.45, 2.75) is 6.42 Å². The molecule has 5 nitrogen and oxygen atoms in total. The zero-order chi connectivity index (χ0) is 20.5. The Hall–Kier alpha value is -3.70. The Kier molecular flexibility index (Phi) is 4.14. The van der Waals surface area contributed by atoms with E-state index in [-0.39, 0.29) is 6.61 Å². The molecule has 8 bridgehead atoms. The van der Waals surface area contributed by atoms with Crippen molar-refractivity contribution >= 4 is 52.4 Å². The summed E-state index contributed by atoms with van der Waals surface area (Å²) < 4.78 is 8.65. The average Bonchev–Trinajstić information content (AvgIpc) is 3.50. The van der Waals surface area contributed by atoms with Gasteiger partial charge in [0.05, 0.1) is 24.1 Å². The highest BCUT2D eigenvalue weighted by molar-refractivity contribution is 5.81. The molecule has 0 amide bonds. The third kappa shape index (κ3) is 3.81. The van der Waals surface area contributed by atoms with Gasteiger partial charge in [-0.25, -0.2) is 9.97 Å². The number of aliphatic hydroxyl groups excluding tert-OH is 1. The van der Waals surface area contributed by atoms with E-state index in [1.807, 2.05) is 72.9 Å². The highest BCUT2D eigenvalue weighted by Crippen LogP contribution is 2.20. The molecule has 0 spiro atoms. The molecule has 0 radical (unpaired) electrons. The minimum atomic E-state index is 0.0784. The first kappa shape index (κ1) is 16.3. The van der Waals surface area contributed by atoms with Crippen LogP contribution in [0.2, 0.25) is 0 Å². The molecule has 0 unspecified atom stereocenters. The summed E-state index contributed by atoms with van der Waals surface area (Å²) in [6.45, 7) is 0.0784. The highest BCUT2D eigenvalue weighted by atomic mass is 16.2. The van der Waals surface area contributed by atoms with Crippen molar-refractivity contribution in [3.8, 4) is 0 Å². The van der Waals surface area contributed by atoms with E-state index in [0.717, 1.165) is 44.9 Å². The average molecular weight is 381 g/mol. The first-order chi connectivity index (χ1) is 14.7. The molecule has 5 heteroatoms. The molecule has 5 heterocycles. The normalized spacial score (nSPS) is 13.3. The summed E-state index contributed by atoms with van der Waals surface area (Å²) in [5.41, 5.74) is 7.50. The van der Waals surface area contributed by atoms with Crippen molar-refractivity contribution in [2.75, 3.05) is 6.61 Å². The van der Waals surface area contributed by atoms with Gasteiger partial charge in [0.15, 0.2) is 0 Å². The van der Waals surface area contributed by atoms with E-state index < -0.39 is 0 Å². The lowest BCUT2D eigenvalue weighted by molar-refractivity contribution is 0.303. The number of aliphatic hydroxyl groups is 1. The summed E-state index contributed by atoms with van der Waals surface area (Å²) >= 11 is 0. The van der Waals surface area contributed by atoms with Gasteiger partial charge in [-0.1, -0.05) is 12.2 Å². The van der Waals surface area contributed by atoms with Crippen LogP contribution in [0.3, 0.4) is 0 Å². The van der Waals surface area contributed by atoms with Gasteiger partial charge in [-0.3, -0.25) is 0 Å². The minimum Gasteiger partial charge on any atom is -0.396 e. The summed E-state index contributed by atoms with van der Waals surface area (Å²) in [6, 6.07) is 12.2. The summed E-state index contributed by atoms with van der Waals surface area (Å²) in [4.78, 5) is 16.0. The molecule has 3 aromatic rings. The van der Waals surface area contributed by atoms with Gasteiger partial charge in [-0.2, -0.15) is 0 Å². The van der Waals surface area contributed by atoms with Gasteiger partial charge in [-0.15, -0.1) is 0 Å². The predicted octanol–water partition coefficient (Wildman–Crippen LogP) is 5.05. The Morgan fingerprint density at radius 3 is 2.21 bits per heavy atom. The van der Waals surface area contributed by atoms with Crippen molar-refractivity contribution in [3.63, 3.8) is 0 Å². The van der Waals surface area contributed by atoms with E-state index in [0.29, 0.717) is 18.0 Å². The van der Waals surface area contributed by atoms with Crippen LogP contribution in [-0.4, -0.2) is 31.6 Å². The van der Waals surface area contributed by atoms with Crippen LogP contribution >= 0.6 is 0 Å². The van der Waals surface area contributed by atoms with Crippen LogP contribution in [0.1, 0.15) is 36.1 Å². The fraction of sp³-hybridized carbons (Fsp3) is 0.0833. The summed E-state index contributed by atoms with van der Waals surface area (Å²) in [5.74, 6) is 0. The lowest BCUT2D eigenvalue weighted by Crippen LogP contribution is -1.78. The third-order valence-electron chi connectivity index (χ3n) is 4.70. The zero-order valence-electron chi connectivity index (χ0n) is 16.7. The number of hydrogen-bond acceptors (Lipinski definition) is 3. The molecule has 0 aromatic carbocycles. The standard InChI is InChI=1S/C24H20N4O/c29-10-2-1-3-16-11-23-14-21-7-6-19(26-21)12-17-4-5-18(25-17)13-20-8-9-22(27-20)15-24(16)28-23/h1,3-9,11-15,26,28-29H,2,10H2/i11D. The monoisotopic (exact) mass is 381 g/mol. The number of hydrogen-bond donors (Lipinski definition) is 3. The maximum atomic E-state index is 9.09. The molecule has 0 aliphatic carbocycles. The lowest BCUT2D eigenvalue weighted by Gasteiger charge is -1.89. The van der Waals surface area contributed by atoms with Crippen LogP contribution in [0.4, 0.5) is 0 Å². The second-order valence-corrected chi connectivity index (χ2v) is 6.94. The Morgan fingerprint density at radius 1 is 0.828 bits per heavy atom. The molecule has 3 N–H and O–H groups in total. The van der Waals surface area contributed by atoms with Gasteiger partial charge < -0.3 is 15.1 Å². The summed E-state index contributed by atoms with van der Waals surface area (Å²) in [7, 11) is 0. The molecule has 29 heavy (non-hydrogen) atoms. The molecule has 2 aliphatic rings. The van der Waals surface area contributed by atoms with Crippen LogP contribution in [-0.2, 0) is 0 Å². The number of fused-ring (bicyclic) bond motifs is 8. The predicted molar refractivity (Wildman–Crippen MR) is 120 cm³/mol. The van der Waals surface area contributed by atoms with E-state index in [4.69, 9.17) is 6.48 Å². The van der Waals surface area contributed by atoms with Gasteiger partial charge in [0, 0.05) is 28.7 Å². The van der Waals surface area contributed by atoms with Crippen molar-refractivity contribution in [1.29, 1.82) is 0 Å². The Labute approximate surface area is 169 Å². The molecule has 142 valence electrons. The fourth-order valence-electron chi connectivity index (χ4n) is 3.37. The van der Waals surface area contributed by atoms with Crippen molar-refractivity contribution in [2.24, 2.45) is 0 Å². The number of aromatic amines is 2. The van der Waals surface area contributed by atoms with Crippen LogP contribution in [0.15, 0.2) is 48.5 Å². The zero-order valence-corrected chi connectivity index (χ0v) is 15.7. The number of aromatic nitrogens is 4. The maximum Gasteiger partial charge on any atom is 0.0659 e. The van der Waals surface area contributed by atoms with Gasteiger partial charge in [0.2, 0.25) is 0 Å². The highest BCUT2D eigenvalue weighted by Gasteiger charge is 2.04. The van der Waals surface area contributed by atoms with E-state index >= 15 is 0 Å². The SMILES string of the molecule is [2H]c1c(C=CCCO)c2cc3nc(cc4nc(cc5ccc(cc1[nH]2)[nH]5)C=C4)C=C3. The molecule has 3 aromatic heterocycles. The van der Waals surface area contributed by atoms with E-state index in [9.17, 15) is 0 Å². The first-order valence-electron chi connectivity index (χ1n) is 10.0. The molecule has 0 saturated heterocycles. The number of rotatable bonds is 3. The molecule has 0 atom stereocenters. The van der Waals surface area contributed by atoms with Crippen LogP contribution in [0, 0.1) is 0 Å². The van der Waals surface area contributed by atoms with Crippen LogP contribution < -0.4 is 0 Å². The van der Waals surface area contributed by atoms with E-state index in [1.54, 1.807) is 0 Å². The number of nitrogens with zero attached hydrogens (tertiary/aromatic N) is 2. The van der Waals surface area contributed by atoms with Crippen LogP contribution in [0.5, 0.6) is 0 Å². The van der Waals surface area contributed by atoms with Crippen molar-refractivity contribution in [1.82, 2.24) is 19.9 Å². The van der Waals surface area contributed by atoms with Crippen LogP contribution in [0.25, 0.3) is 52.4 Å². The first-order valence-corrected chi connectivity index (χ1v) is 9.53. The third-order valence-corrected chi connectivity index (χ3v) is 4.70. The molecule has 2 aliphatic heterocycles. The summed E-state index contributed by atoms with van der Waals surface area (Å²) in [5, 5.41) is 9.09. The van der Waals surface area contributed by atoms with Gasteiger partial charge in [-0.05, 0) is 78.7 Å². The largest absolute Gasteiger partial charge is 0.396 e. The van der Waals surface area contributed by atoms with Crippen molar-refractivity contribution < 1.29 is 6.48 Å². The number of H-pyrrole nitrogens is 2. The lowest BCUT2D eigenvalue weighted by atomic mass is 10.2. The minimum absolute atomic E-state index is 0.0784. The Morgan fingerprint density at radius 2 is 1.48 bits per heavy atom. The quantitative estimate of drug-likeness (QED) is 0.409. The molecular weight excluding hydrogens is 360 g/mol. The molecule has 5 rings (SSSR count). The smallest absolute Gasteiger partial charge is 0.0659 e. The Bertz CT molecular complexity index is 1380. The maximum absolute atomic E-state index is 9.09. The second kappa shape index (κ2) is 7.37. The van der Waals surface area contributed by atoms with Gasteiger partial charge in [0.25, 0.3) is 0 Å². The fourth-order valence-corrected chi connectivity index (χ4v) is 3.37. The number of nitrogens with one attached hydrogen (secondary N) is 2. The van der Waals surface area contributed by atoms with E-state index in [1.165, 1.54) is 0 Å². The van der Waals surface area contributed by atoms with E-state index in [2.05, 4.69) is 19.9 Å². The Balaban J connectivity index is 1.82.